The van der Waals surface area contributed by atoms with E-state index >= 15 is 0 Å². The molecular formula is C105H122O24. The van der Waals surface area contributed by atoms with E-state index in [9.17, 15) is 43.2 Å². The molecule has 30 atom stereocenters. The minimum Gasteiger partial charge on any atom is -0.459 e. The van der Waals surface area contributed by atoms with Crippen LogP contribution in [0.15, 0.2) is 212 Å². The molecule has 7 aromatic carbocycles. The number of benzene rings is 7. The van der Waals surface area contributed by atoms with Crippen LogP contribution in [0.3, 0.4) is 0 Å². The van der Waals surface area contributed by atoms with E-state index in [0.717, 1.165) is 32.1 Å². The normalized spacial score (nSPS) is 34.0. The number of Topliss-reactive ketones (excluding diaryl/α,β-unsaturated/α-hetero) is 2. The van der Waals surface area contributed by atoms with Crippen LogP contribution in [0, 0.1) is 75.9 Å². The highest BCUT2D eigenvalue weighted by molar-refractivity contribution is 5.94. The van der Waals surface area contributed by atoms with Gasteiger partial charge >= 0.3 is 41.8 Å². The molecular weight excluding hydrogens is 1650 g/mol. The van der Waals surface area contributed by atoms with Gasteiger partial charge in [-0.3, -0.25) is 9.59 Å². The molecule has 4 saturated heterocycles. The molecule has 0 bridgehead atoms. The van der Waals surface area contributed by atoms with Crippen LogP contribution in [-0.4, -0.2) is 171 Å². The maximum Gasteiger partial charge on any atom is 0.338 e. The van der Waals surface area contributed by atoms with Crippen molar-refractivity contribution in [2.24, 2.45) is 75.9 Å². The van der Waals surface area contributed by atoms with E-state index in [1.807, 2.05) is 61.5 Å². The zero-order chi connectivity index (χ0) is 91.0. The highest BCUT2D eigenvalue weighted by Crippen LogP contribution is 2.68. The number of ether oxygens (including phenoxy) is 15. The molecule has 129 heavy (non-hydrogen) atoms. The standard InChI is InChI=1S/C105H122O24/c1-12-82-64(6)88(124-96(111)71-40-26-16-27-41-71)90(125-97(112)72-42-28-17-29-43-72)100(120-82)116-58-60(2)48-51-80(106)63(5)84-81(107)57-79-77-50-49-75-56-76(52-54-104(75,10)78(77)53-55-105(79,84)11)119-101-89(129-103-92(127-99(114)74-46-32-19-33-47-74)87(62(4)67(9)118-103)123-95(110)70-38-24-15-25-39-70)65(7)85(83(121-101)59-115-93(108)68-34-20-13-21-35-68)128-102-91(126-98(113)73-44-30-18-31-45-73)86(61(3)66(8)117-102)122-94(109)69-36-22-14-23-37-69/h13-47,60-67,75-79,82-92,100-103H,12,48-59H2,1-11H3/t60-,61-,62-,63+,64+,65-,66?,67?,75?,76?,77?,78?,79?,82?,83?,84?,85-,86-,87-,88-,89?,90?,91?,92?,100+,101+,102-,103-,104?,105?/m0/s1. The van der Waals surface area contributed by atoms with Crippen LogP contribution in [0.1, 0.15) is 219 Å². The molecule has 16 unspecified atom stereocenters. The Labute approximate surface area is 755 Å². The lowest BCUT2D eigenvalue weighted by Gasteiger charge is -2.61. The fourth-order valence-corrected chi connectivity index (χ4v) is 21.8. The van der Waals surface area contributed by atoms with E-state index in [4.69, 9.17) is 71.1 Å². The molecule has 24 nitrogen and oxygen atoms in total. The molecule has 0 radical (unpaired) electrons. The van der Waals surface area contributed by atoms with Gasteiger partial charge in [-0.2, -0.15) is 0 Å². The van der Waals surface area contributed by atoms with Gasteiger partial charge in [-0.15, -0.1) is 0 Å². The molecule has 0 spiro atoms. The summed E-state index contributed by atoms with van der Waals surface area (Å²) in [6.07, 6.45) is -11.8. The van der Waals surface area contributed by atoms with Crippen molar-refractivity contribution in [2.75, 3.05) is 13.2 Å². The Kier molecular flexibility index (Phi) is 30.1. The van der Waals surface area contributed by atoms with E-state index in [0.29, 0.717) is 43.2 Å². The van der Waals surface area contributed by atoms with Gasteiger partial charge in [0, 0.05) is 48.3 Å². The van der Waals surface area contributed by atoms with Gasteiger partial charge in [-0.25, -0.2) is 33.6 Å². The Bertz CT molecular complexity index is 4970. The molecule has 4 aliphatic heterocycles. The molecule has 15 rings (SSSR count). The first kappa shape index (κ1) is 93.5. The highest BCUT2D eigenvalue weighted by Gasteiger charge is 2.65. The lowest BCUT2D eigenvalue weighted by molar-refractivity contribution is -0.378. The molecule has 8 fully saturated rings. The second kappa shape index (κ2) is 41.5. The quantitative estimate of drug-likeness (QED) is 0.0229. The van der Waals surface area contributed by atoms with Gasteiger partial charge in [0.05, 0.1) is 76.1 Å². The van der Waals surface area contributed by atoms with Crippen LogP contribution in [0.4, 0.5) is 0 Å². The minimum atomic E-state index is -1.51. The summed E-state index contributed by atoms with van der Waals surface area (Å²) in [6, 6.07) is 59.4. The molecule has 686 valence electrons. The van der Waals surface area contributed by atoms with Crippen molar-refractivity contribution in [1.29, 1.82) is 0 Å². The molecule has 4 heterocycles. The Hall–Kier alpha value is -10.2. The van der Waals surface area contributed by atoms with E-state index in [1.54, 1.807) is 213 Å². The van der Waals surface area contributed by atoms with Crippen LogP contribution < -0.4 is 0 Å². The number of rotatable bonds is 30. The lowest BCUT2D eigenvalue weighted by Crippen LogP contribution is -2.64. The number of ketones is 2. The van der Waals surface area contributed by atoms with Crippen LogP contribution in [0.2, 0.25) is 0 Å². The smallest absolute Gasteiger partial charge is 0.338 e. The van der Waals surface area contributed by atoms with Gasteiger partial charge in [0.15, 0.2) is 43.5 Å². The number of hydrogen-bond donors (Lipinski definition) is 0. The first-order valence-electron chi connectivity index (χ1n) is 46.2. The van der Waals surface area contributed by atoms with Crippen molar-refractivity contribution in [3.05, 3.63) is 251 Å². The Morgan fingerprint density at radius 2 is 0.775 bits per heavy atom. The summed E-state index contributed by atoms with van der Waals surface area (Å²) in [5, 5.41) is 0. The zero-order valence-electron chi connectivity index (χ0n) is 75.4. The molecule has 0 amide bonds. The average molecular weight is 1770 g/mol. The fraction of sp³-hybridized carbons (Fsp3) is 0.514. The summed E-state index contributed by atoms with van der Waals surface area (Å²) in [7, 11) is 0. The predicted octanol–water partition coefficient (Wildman–Crippen LogP) is 17.7. The Morgan fingerprint density at radius 3 is 1.21 bits per heavy atom. The monoisotopic (exact) mass is 1770 g/mol. The Morgan fingerprint density at radius 1 is 0.395 bits per heavy atom. The molecule has 8 aliphatic rings. The third kappa shape index (κ3) is 20.8. The summed E-state index contributed by atoms with van der Waals surface area (Å²) in [5.41, 5.74) is 1.24. The number of carbonyl (C=O) groups excluding carboxylic acids is 9. The third-order valence-electron chi connectivity index (χ3n) is 29.6. The molecule has 0 aromatic heterocycles. The van der Waals surface area contributed by atoms with Gasteiger partial charge < -0.3 is 71.1 Å². The lowest BCUT2D eigenvalue weighted by atomic mass is 9.44. The van der Waals surface area contributed by atoms with Gasteiger partial charge in [-0.1, -0.05) is 190 Å². The van der Waals surface area contributed by atoms with Crippen molar-refractivity contribution < 1.29 is 114 Å². The molecule has 0 N–H and O–H groups in total. The van der Waals surface area contributed by atoms with Gasteiger partial charge in [-0.05, 0) is 197 Å². The van der Waals surface area contributed by atoms with Crippen molar-refractivity contribution in [2.45, 2.75) is 251 Å². The first-order chi connectivity index (χ1) is 62.2. The SMILES string of the molecule is CCC1O[C@@H](OC[C@@H](C)CCC(=O)[C@@H](C)C2C(=O)CC3C4CCC5CC(O[C@@H]6OC(COC(=O)c7ccccc7)[C@@H](O[C@@H]7OC(C)[C@H](C)[C@H](OC(=O)c8ccccc8)C7OC(=O)c7ccccc7)[C@H](C)C6O[C@@H]6OC(C)[C@H](C)[C@H](OC(=O)c7ccccc7)C6OC(=O)c6ccccc6)CCC5(C)C4CCC32C)C(OC(=O)c2ccccc2)[C@@H](OC(=O)c2ccccc2)[C@@H]1C. The second-order valence-electron chi connectivity index (χ2n) is 37.5. The van der Waals surface area contributed by atoms with Crippen molar-refractivity contribution >= 4 is 53.4 Å². The van der Waals surface area contributed by atoms with Gasteiger partial charge in [0.1, 0.15) is 48.7 Å². The van der Waals surface area contributed by atoms with E-state index < -0.39 is 188 Å². The third-order valence-corrected chi connectivity index (χ3v) is 29.6. The van der Waals surface area contributed by atoms with Gasteiger partial charge in [0.2, 0.25) is 0 Å². The van der Waals surface area contributed by atoms with Crippen molar-refractivity contribution in [1.82, 2.24) is 0 Å². The van der Waals surface area contributed by atoms with E-state index in [2.05, 4.69) is 13.8 Å². The largest absolute Gasteiger partial charge is 0.459 e. The van der Waals surface area contributed by atoms with E-state index in [1.165, 1.54) is 0 Å². The highest BCUT2D eigenvalue weighted by atomic mass is 16.8. The Balaban J connectivity index is 0.680. The maximum absolute atomic E-state index is 15.0. The number of carbonyl (C=O) groups is 9. The molecule has 4 saturated carbocycles. The summed E-state index contributed by atoms with van der Waals surface area (Å²) >= 11 is 0. The molecule has 7 aromatic rings. The van der Waals surface area contributed by atoms with E-state index in [-0.39, 0.29) is 93.3 Å². The summed E-state index contributed by atoms with van der Waals surface area (Å²) in [4.78, 5) is 130. The second-order valence-corrected chi connectivity index (χ2v) is 37.5. The topological polar surface area (TPSA) is 292 Å². The predicted molar refractivity (Wildman–Crippen MR) is 472 cm³/mol. The number of esters is 7. The van der Waals surface area contributed by atoms with Crippen LogP contribution in [0.5, 0.6) is 0 Å². The summed E-state index contributed by atoms with van der Waals surface area (Å²) < 4.78 is 101. The number of hydrogen-bond acceptors (Lipinski definition) is 24. The molecule has 4 aliphatic carbocycles. The fourth-order valence-electron chi connectivity index (χ4n) is 21.8. The van der Waals surface area contributed by atoms with Gasteiger partial charge in [0.25, 0.3) is 0 Å². The first-order valence-corrected chi connectivity index (χ1v) is 46.2. The van der Waals surface area contributed by atoms with Crippen molar-refractivity contribution in [3.63, 3.8) is 0 Å². The zero-order valence-corrected chi connectivity index (χ0v) is 75.4. The van der Waals surface area contributed by atoms with Crippen molar-refractivity contribution in [3.8, 4) is 0 Å². The van der Waals surface area contributed by atoms with Crippen LogP contribution in [-0.2, 0) is 80.6 Å². The minimum absolute atomic E-state index is 0.0199. The average Bonchev–Trinajstić information content (AvgIpc) is 1.63. The summed E-state index contributed by atoms with van der Waals surface area (Å²) in [5.74, 6) is -7.53. The van der Waals surface area contributed by atoms with Crippen LogP contribution in [0.25, 0.3) is 0 Å². The molecule has 24 heteroatoms. The maximum atomic E-state index is 15.0. The number of fused-ring (bicyclic) bond motifs is 5. The summed E-state index contributed by atoms with van der Waals surface area (Å²) in [6.45, 7) is 21.3. The van der Waals surface area contributed by atoms with Crippen LogP contribution >= 0.6 is 0 Å².